The maximum Gasteiger partial charge on any atom is 0.0775 e. The molecule has 0 aromatic heterocycles. The quantitative estimate of drug-likeness (QED) is 0.592. The molecule has 3 rings (SSSR count). The minimum Gasteiger partial charge on any atom is -0.0917 e. The van der Waals surface area contributed by atoms with E-state index in [9.17, 15) is 0 Å². The summed E-state index contributed by atoms with van der Waals surface area (Å²) in [5, 5.41) is 3.01. The summed E-state index contributed by atoms with van der Waals surface area (Å²) in [5.74, 6) is 0. The monoisotopic (exact) mass is 374 g/mol. The summed E-state index contributed by atoms with van der Waals surface area (Å²) in [7, 11) is -2.52. The van der Waals surface area contributed by atoms with Crippen molar-refractivity contribution in [2.75, 3.05) is 0 Å². The first-order chi connectivity index (χ1) is 12.1. The van der Waals surface area contributed by atoms with Crippen LogP contribution in [0.5, 0.6) is 0 Å². The van der Waals surface area contributed by atoms with Gasteiger partial charge in [-0.1, -0.05) is 105 Å². The molecule has 0 radical (unpaired) electrons. The van der Waals surface area contributed by atoms with Crippen LogP contribution in [-0.2, 0) is 0 Å². The lowest BCUT2D eigenvalue weighted by atomic mass is 9.95. The van der Waals surface area contributed by atoms with E-state index in [0.29, 0.717) is 0 Å². The maximum atomic E-state index is 4.18. The standard InChI is InChI=1S/C24H30Si2/c1-18-16-23(19-8-12-21(13-9-19)25(2,3)4)24(17-18)20-10-14-22(15-11-20)26(5,6)7/h8-17H,1H2,2-7H3. The summed E-state index contributed by atoms with van der Waals surface area (Å²) in [6.45, 7) is 18.5. The predicted octanol–water partition coefficient (Wildman–Crippen LogP) is 5.81. The van der Waals surface area contributed by atoms with Gasteiger partial charge in [-0.15, -0.1) is 0 Å². The van der Waals surface area contributed by atoms with Crippen molar-refractivity contribution in [1.82, 2.24) is 0 Å². The van der Waals surface area contributed by atoms with Gasteiger partial charge in [-0.2, -0.15) is 0 Å². The molecule has 0 bridgehead atoms. The molecule has 0 fully saturated rings. The van der Waals surface area contributed by atoms with Gasteiger partial charge in [-0.3, -0.25) is 0 Å². The smallest absolute Gasteiger partial charge is 0.0775 e. The summed E-state index contributed by atoms with van der Waals surface area (Å²) in [6.07, 6.45) is 4.43. The lowest BCUT2D eigenvalue weighted by Gasteiger charge is -2.18. The molecule has 0 atom stereocenters. The molecule has 2 heteroatoms. The van der Waals surface area contributed by atoms with Gasteiger partial charge in [0.1, 0.15) is 0 Å². The van der Waals surface area contributed by atoms with E-state index >= 15 is 0 Å². The maximum absolute atomic E-state index is 4.18. The van der Waals surface area contributed by atoms with Gasteiger partial charge in [-0.05, 0) is 40.0 Å². The van der Waals surface area contributed by atoms with Crippen molar-refractivity contribution in [3.8, 4) is 0 Å². The second-order valence-corrected chi connectivity index (χ2v) is 19.5. The van der Waals surface area contributed by atoms with Gasteiger partial charge in [0.2, 0.25) is 0 Å². The molecule has 0 spiro atoms. The van der Waals surface area contributed by atoms with Gasteiger partial charge >= 0.3 is 0 Å². The molecule has 0 saturated carbocycles. The lowest BCUT2D eigenvalue weighted by molar-refractivity contribution is 1.59. The van der Waals surface area contributed by atoms with Crippen molar-refractivity contribution in [3.63, 3.8) is 0 Å². The number of hydrogen-bond acceptors (Lipinski definition) is 0. The molecule has 26 heavy (non-hydrogen) atoms. The zero-order valence-corrected chi connectivity index (χ0v) is 19.0. The molecule has 0 amide bonds. The van der Waals surface area contributed by atoms with E-state index in [2.05, 4.69) is 107 Å². The summed E-state index contributed by atoms with van der Waals surface area (Å²) in [6, 6.07) is 18.4. The first kappa shape index (κ1) is 18.9. The lowest BCUT2D eigenvalue weighted by Crippen LogP contribution is -2.37. The van der Waals surface area contributed by atoms with Crippen LogP contribution in [0.1, 0.15) is 11.1 Å². The van der Waals surface area contributed by atoms with E-state index < -0.39 is 16.1 Å². The van der Waals surface area contributed by atoms with Crippen molar-refractivity contribution in [3.05, 3.63) is 84.0 Å². The summed E-state index contributed by atoms with van der Waals surface area (Å²) in [4.78, 5) is 0. The highest BCUT2D eigenvalue weighted by atomic mass is 28.3. The Labute approximate surface area is 161 Å². The van der Waals surface area contributed by atoms with Crippen LogP contribution in [-0.4, -0.2) is 16.1 Å². The van der Waals surface area contributed by atoms with Crippen LogP contribution >= 0.6 is 0 Å². The van der Waals surface area contributed by atoms with E-state index in [4.69, 9.17) is 0 Å². The molecule has 0 heterocycles. The topological polar surface area (TPSA) is 0 Å². The van der Waals surface area contributed by atoms with Crippen LogP contribution in [0.25, 0.3) is 11.1 Å². The molecule has 0 N–H and O–H groups in total. The Morgan fingerprint density at radius 3 is 1.12 bits per heavy atom. The van der Waals surface area contributed by atoms with Crippen LogP contribution in [0.4, 0.5) is 0 Å². The fourth-order valence-corrected chi connectivity index (χ4v) is 5.68. The molecule has 0 aliphatic heterocycles. The van der Waals surface area contributed by atoms with E-state index in [1.165, 1.54) is 32.6 Å². The van der Waals surface area contributed by atoms with Gasteiger partial charge in [0.25, 0.3) is 0 Å². The number of allylic oxidation sites excluding steroid dienone is 5. The molecule has 0 nitrogen and oxygen atoms in total. The first-order valence-electron chi connectivity index (χ1n) is 9.40. The van der Waals surface area contributed by atoms with E-state index in [0.717, 1.165) is 5.57 Å². The number of hydrogen-bond donors (Lipinski definition) is 0. The number of benzene rings is 2. The number of rotatable bonds is 4. The zero-order valence-electron chi connectivity index (χ0n) is 17.0. The largest absolute Gasteiger partial charge is 0.0917 e. The normalized spacial score (nSPS) is 15.1. The van der Waals surface area contributed by atoms with Crippen LogP contribution in [0, 0.1) is 0 Å². The average Bonchev–Trinajstić information content (AvgIpc) is 2.95. The third kappa shape index (κ3) is 3.92. The summed E-state index contributed by atoms with van der Waals surface area (Å²) >= 11 is 0. The highest BCUT2D eigenvalue weighted by Crippen LogP contribution is 2.37. The van der Waals surface area contributed by atoms with E-state index in [-0.39, 0.29) is 0 Å². The van der Waals surface area contributed by atoms with Gasteiger partial charge in [0.15, 0.2) is 0 Å². The third-order valence-electron chi connectivity index (χ3n) is 5.07. The SMILES string of the molecule is C=C1C=C(c2ccc([Si](C)(C)C)cc2)C(c2ccc([Si](C)(C)C)cc2)=C1. The highest BCUT2D eigenvalue weighted by Gasteiger charge is 2.20. The van der Waals surface area contributed by atoms with Gasteiger partial charge in [-0.25, -0.2) is 0 Å². The van der Waals surface area contributed by atoms with Crippen molar-refractivity contribution in [2.45, 2.75) is 39.3 Å². The fourth-order valence-electron chi connectivity index (χ4n) is 3.35. The Morgan fingerprint density at radius 1 is 0.538 bits per heavy atom. The molecule has 134 valence electrons. The minimum absolute atomic E-state index is 1.08. The molecule has 2 aromatic carbocycles. The zero-order chi connectivity index (χ0) is 19.1. The molecule has 0 unspecified atom stereocenters. The van der Waals surface area contributed by atoms with Crippen LogP contribution in [0.3, 0.4) is 0 Å². The molecular formula is C24H30Si2. The first-order valence-corrected chi connectivity index (χ1v) is 16.4. The van der Waals surface area contributed by atoms with E-state index in [1.807, 2.05) is 0 Å². The summed E-state index contributed by atoms with van der Waals surface area (Å²) < 4.78 is 0. The molecular weight excluding hydrogens is 344 g/mol. The molecule has 2 aromatic rings. The van der Waals surface area contributed by atoms with Crippen LogP contribution in [0.2, 0.25) is 39.3 Å². The van der Waals surface area contributed by atoms with Crippen LogP contribution in [0.15, 0.2) is 72.8 Å². The predicted molar refractivity (Wildman–Crippen MR) is 124 cm³/mol. The van der Waals surface area contributed by atoms with Gasteiger partial charge in [0, 0.05) is 0 Å². The van der Waals surface area contributed by atoms with Gasteiger partial charge < -0.3 is 0 Å². The Hall–Kier alpha value is -1.91. The second kappa shape index (κ2) is 6.68. The van der Waals surface area contributed by atoms with Crippen LogP contribution < -0.4 is 10.4 Å². The fraction of sp³-hybridized carbons (Fsp3) is 0.250. The molecule has 0 saturated heterocycles. The van der Waals surface area contributed by atoms with Crippen molar-refractivity contribution in [2.24, 2.45) is 0 Å². The molecule has 1 aliphatic rings. The highest BCUT2D eigenvalue weighted by molar-refractivity contribution is 6.89. The van der Waals surface area contributed by atoms with Crippen molar-refractivity contribution < 1.29 is 0 Å². The Morgan fingerprint density at radius 2 is 0.846 bits per heavy atom. The Balaban J connectivity index is 1.95. The van der Waals surface area contributed by atoms with Crippen molar-refractivity contribution in [1.29, 1.82) is 0 Å². The van der Waals surface area contributed by atoms with E-state index in [1.54, 1.807) is 0 Å². The van der Waals surface area contributed by atoms with Gasteiger partial charge in [0.05, 0.1) is 16.1 Å². The summed E-state index contributed by atoms with van der Waals surface area (Å²) in [5.41, 5.74) is 6.23. The average molecular weight is 375 g/mol. The Kier molecular flexibility index (Phi) is 4.85. The minimum atomic E-state index is -1.26. The second-order valence-electron chi connectivity index (χ2n) is 9.35. The third-order valence-corrected chi connectivity index (χ3v) is 9.20. The van der Waals surface area contributed by atoms with Crippen molar-refractivity contribution >= 4 is 37.7 Å². The molecule has 1 aliphatic carbocycles. The Bertz CT molecular complexity index is 806.